The van der Waals surface area contributed by atoms with Gasteiger partial charge in [0.25, 0.3) is 0 Å². The summed E-state index contributed by atoms with van der Waals surface area (Å²) in [6, 6.07) is 17.1. The summed E-state index contributed by atoms with van der Waals surface area (Å²) in [5, 5.41) is 15.7. The molecule has 0 spiro atoms. The zero-order valence-electron chi connectivity index (χ0n) is 14.0. The van der Waals surface area contributed by atoms with Crippen LogP contribution in [-0.2, 0) is 4.79 Å². The Balaban J connectivity index is 1.48. The Hall–Kier alpha value is -2.09. The highest BCUT2D eigenvalue weighted by Crippen LogP contribution is 2.27. The Labute approximate surface area is 165 Å². The number of amides is 1. The van der Waals surface area contributed by atoms with Crippen LogP contribution < -0.4 is 10.6 Å². The van der Waals surface area contributed by atoms with Gasteiger partial charge < -0.3 is 10.6 Å². The third-order valence-electron chi connectivity index (χ3n) is 3.51. The van der Waals surface area contributed by atoms with Crippen molar-refractivity contribution in [2.24, 2.45) is 0 Å². The molecule has 1 heterocycles. The zero-order valence-corrected chi connectivity index (χ0v) is 16.4. The molecule has 1 aromatic heterocycles. The maximum absolute atomic E-state index is 12.1. The number of aromatic nitrogens is 2. The second-order valence-electron chi connectivity index (χ2n) is 5.49. The van der Waals surface area contributed by atoms with Crippen LogP contribution in [0.3, 0.4) is 0 Å². The highest BCUT2D eigenvalue weighted by molar-refractivity contribution is 8.01. The molecule has 0 radical (unpaired) electrons. The molecule has 2 aromatic carbocycles. The Morgan fingerprint density at radius 2 is 1.88 bits per heavy atom. The number of anilines is 2. The first-order valence-corrected chi connectivity index (χ1v) is 10.1. The Bertz CT molecular complexity index is 855. The summed E-state index contributed by atoms with van der Waals surface area (Å²) in [7, 11) is 0. The van der Waals surface area contributed by atoms with Gasteiger partial charge in [-0.2, -0.15) is 0 Å². The summed E-state index contributed by atoms with van der Waals surface area (Å²) in [6.07, 6.45) is 0. The van der Waals surface area contributed by atoms with Crippen molar-refractivity contribution in [1.82, 2.24) is 15.5 Å². The molecule has 26 heavy (non-hydrogen) atoms. The van der Waals surface area contributed by atoms with Gasteiger partial charge in [-0.05, 0) is 36.8 Å². The van der Waals surface area contributed by atoms with E-state index in [1.165, 1.54) is 23.1 Å². The van der Waals surface area contributed by atoms with Crippen molar-refractivity contribution in [3.05, 3.63) is 65.2 Å². The lowest BCUT2D eigenvalue weighted by atomic mass is 10.1. The SMILES string of the molecule is CC(NC(=O)CSc1nnc(Nc2ccccc2)s1)c1ccc(Cl)cc1. The molecule has 1 atom stereocenters. The number of halogens is 1. The van der Waals surface area contributed by atoms with Crippen LogP contribution in [0.2, 0.25) is 5.02 Å². The molecule has 3 aromatic rings. The summed E-state index contributed by atoms with van der Waals surface area (Å²) in [5.74, 6) is 0.239. The monoisotopic (exact) mass is 404 g/mol. The molecule has 3 rings (SSSR count). The number of thioether (sulfide) groups is 1. The minimum Gasteiger partial charge on any atom is -0.349 e. The van der Waals surface area contributed by atoms with Crippen molar-refractivity contribution in [1.29, 1.82) is 0 Å². The molecule has 1 amide bonds. The van der Waals surface area contributed by atoms with Gasteiger partial charge in [-0.1, -0.05) is 65.0 Å². The van der Waals surface area contributed by atoms with Crippen molar-refractivity contribution < 1.29 is 4.79 Å². The van der Waals surface area contributed by atoms with E-state index in [4.69, 9.17) is 11.6 Å². The molecule has 0 fully saturated rings. The molecule has 5 nitrogen and oxygen atoms in total. The number of hydrogen-bond acceptors (Lipinski definition) is 6. The summed E-state index contributed by atoms with van der Waals surface area (Å²) in [4.78, 5) is 12.1. The second kappa shape index (κ2) is 9.02. The molecule has 8 heteroatoms. The molecule has 0 saturated carbocycles. The van der Waals surface area contributed by atoms with Gasteiger partial charge >= 0.3 is 0 Å². The van der Waals surface area contributed by atoms with Gasteiger partial charge in [0.1, 0.15) is 0 Å². The molecule has 2 N–H and O–H groups in total. The highest BCUT2D eigenvalue weighted by atomic mass is 35.5. The van der Waals surface area contributed by atoms with E-state index >= 15 is 0 Å². The largest absolute Gasteiger partial charge is 0.349 e. The fraction of sp³-hybridized carbons (Fsp3) is 0.167. The lowest BCUT2D eigenvalue weighted by molar-refractivity contribution is -0.119. The average molecular weight is 405 g/mol. The van der Waals surface area contributed by atoms with Crippen LogP contribution in [0.15, 0.2) is 58.9 Å². The van der Waals surface area contributed by atoms with Crippen molar-refractivity contribution in [3.63, 3.8) is 0 Å². The van der Waals surface area contributed by atoms with Gasteiger partial charge in [-0.15, -0.1) is 10.2 Å². The van der Waals surface area contributed by atoms with Crippen LogP contribution in [-0.4, -0.2) is 21.9 Å². The van der Waals surface area contributed by atoms with Crippen LogP contribution >= 0.6 is 34.7 Å². The van der Waals surface area contributed by atoms with Gasteiger partial charge in [-0.3, -0.25) is 4.79 Å². The lowest BCUT2D eigenvalue weighted by Crippen LogP contribution is -2.28. The van der Waals surface area contributed by atoms with E-state index in [1.807, 2.05) is 61.5 Å². The molecule has 0 aliphatic heterocycles. The van der Waals surface area contributed by atoms with Crippen molar-refractivity contribution in [2.75, 3.05) is 11.1 Å². The topological polar surface area (TPSA) is 66.9 Å². The third kappa shape index (κ3) is 5.45. The smallest absolute Gasteiger partial charge is 0.230 e. The van der Waals surface area contributed by atoms with Crippen molar-refractivity contribution in [2.45, 2.75) is 17.3 Å². The van der Waals surface area contributed by atoms with Crippen molar-refractivity contribution in [3.8, 4) is 0 Å². The van der Waals surface area contributed by atoms with Crippen LogP contribution in [0.5, 0.6) is 0 Å². The first-order valence-electron chi connectivity index (χ1n) is 7.93. The van der Waals surface area contributed by atoms with E-state index < -0.39 is 0 Å². The molecule has 0 saturated heterocycles. The van der Waals surface area contributed by atoms with E-state index in [2.05, 4.69) is 20.8 Å². The first kappa shape index (κ1) is 18.7. The van der Waals surface area contributed by atoms with Gasteiger partial charge in [0.2, 0.25) is 11.0 Å². The number of nitrogens with zero attached hydrogens (tertiary/aromatic N) is 2. The van der Waals surface area contributed by atoms with Gasteiger partial charge in [0, 0.05) is 10.7 Å². The number of hydrogen-bond donors (Lipinski definition) is 2. The maximum Gasteiger partial charge on any atom is 0.230 e. The van der Waals surface area contributed by atoms with Gasteiger partial charge in [-0.25, -0.2) is 0 Å². The Kier molecular flexibility index (Phi) is 6.49. The second-order valence-corrected chi connectivity index (χ2v) is 8.13. The number of carbonyl (C=O) groups is 1. The summed E-state index contributed by atoms with van der Waals surface area (Å²) in [6.45, 7) is 1.94. The fourth-order valence-corrected chi connectivity index (χ4v) is 3.92. The minimum atomic E-state index is -0.0786. The average Bonchev–Trinajstić information content (AvgIpc) is 3.09. The van der Waals surface area contributed by atoms with Crippen molar-refractivity contribution >= 4 is 51.4 Å². The number of para-hydroxylation sites is 1. The van der Waals surface area contributed by atoms with E-state index in [9.17, 15) is 4.79 Å². The lowest BCUT2D eigenvalue weighted by Gasteiger charge is -2.13. The molecule has 0 aliphatic carbocycles. The zero-order chi connectivity index (χ0) is 18.4. The molecule has 0 aliphatic rings. The van der Waals surface area contributed by atoms with Gasteiger partial charge in [0.15, 0.2) is 4.34 Å². The van der Waals surface area contributed by atoms with Crippen LogP contribution in [0.4, 0.5) is 10.8 Å². The summed E-state index contributed by atoms with van der Waals surface area (Å²) in [5.41, 5.74) is 1.97. The highest BCUT2D eigenvalue weighted by Gasteiger charge is 2.12. The predicted octanol–water partition coefficient (Wildman–Crippen LogP) is 4.90. The van der Waals surface area contributed by atoms with E-state index in [0.29, 0.717) is 10.2 Å². The first-order chi connectivity index (χ1) is 12.6. The summed E-state index contributed by atoms with van der Waals surface area (Å²) < 4.78 is 0.748. The van der Waals surface area contributed by atoms with E-state index in [-0.39, 0.29) is 17.7 Å². The number of nitrogens with one attached hydrogen (secondary N) is 2. The molecule has 1 unspecified atom stereocenters. The number of carbonyl (C=O) groups excluding carboxylic acids is 1. The van der Waals surface area contributed by atoms with E-state index in [0.717, 1.165) is 15.6 Å². The predicted molar refractivity (Wildman–Crippen MR) is 108 cm³/mol. The van der Waals surface area contributed by atoms with Crippen LogP contribution in [0.25, 0.3) is 0 Å². The van der Waals surface area contributed by atoms with Gasteiger partial charge in [0.05, 0.1) is 11.8 Å². The van der Waals surface area contributed by atoms with Crippen LogP contribution in [0.1, 0.15) is 18.5 Å². The number of rotatable bonds is 7. The van der Waals surface area contributed by atoms with E-state index in [1.54, 1.807) is 0 Å². The molecular weight excluding hydrogens is 388 g/mol. The Morgan fingerprint density at radius 1 is 1.15 bits per heavy atom. The molecular formula is C18H17ClN4OS2. The Morgan fingerprint density at radius 3 is 2.62 bits per heavy atom. The molecule has 0 bridgehead atoms. The quantitative estimate of drug-likeness (QED) is 0.548. The minimum absolute atomic E-state index is 0.0507. The standard InChI is InChI=1S/C18H17ClN4OS2/c1-12(13-7-9-14(19)10-8-13)20-16(24)11-25-18-23-22-17(26-18)21-15-5-3-2-4-6-15/h2-10,12H,11H2,1H3,(H,20,24)(H,21,22). The normalized spacial score (nSPS) is 11.8. The van der Waals surface area contributed by atoms with Crippen LogP contribution in [0, 0.1) is 0 Å². The summed E-state index contributed by atoms with van der Waals surface area (Å²) >= 11 is 8.68. The third-order valence-corrected chi connectivity index (χ3v) is 5.73. The fourth-order valence-electron chi connectivity index (χ4n) is 2.21. The maximum atomic E-state index is 12.1. The molecule has 134 valence electrons. The number of benzene rings is 2.